The summed E-state index contributed by atoms with van der Waals surface area (Å²) in [5.74, 6) is -0.201. The smallest absolute Gasteiger partial charge is 0.273 e. The first kappa shape index (κ1) is 14.7. The summed E-state index contributed by atoms with van der Waals surface area (Å²) in [6, 6.07) is 9.84. The van der Waals surface area contributed by atoms with Crippen LogP contribution in [0.25, 0.3) is 5.69 Å². The van der Waals surface area contributed by atoms with Crippen molar-refractivity contribution in [3.8, 4) is 5.69 Å². The van der Waals surface area contributed by atoms with E-state index in [1.54, 1.807) is 10.9 Å². The second-order valence-electron chi connectivity index (χ2n) is 4.92. The lowest BCUT2D eigenvalue weighted by Crippen LogP contribution is -2.27. The second-order valence-corrected chi connectivity index (χ2v) is 4.92. The van der Waals surface area contributed by atoms with Crippen LogP contribution >= 0.6 is 0 Å². The van der Waals surface area contributed by atoms with Crippen molar-refractivity contribution in [3.63, 3.8) is 0 Å². The average Bonchev–Trinajstić information content (AvgIpc) is 3.05. The molecule has 3 rings (SSSR count). The highest BCUT2D eigenvalue weighted by Gasteiger charge is 2.11. The molecule has 1 aromatic carbocycles. The van der Waals surface area contributed by atoms with Crippen LogP contribution < -0.4 is 11.1 Å². The fraction of sp³-hybridized carbons (Fsp3) is 0.125. The molecule has 0 spiro atoms. The van der Waals surface area contributed by atoms with Gasteiger partial charge in [-0.25, -0.2) is 14.6 Å². The average molecular weight is 308 g/mol. The van der Waals surface area contributed by atoms with Gasteiger partial charge in [0.25, 0.3) is 5.91 Å². The Morgan fingerprint density at radius 3 is 2.74 bits per heavy atom. The summed E-state index contributed by atoms with van der Waals surface area (Å²) in [5.41, 5.74) is 7.79. The molecule has 7 nitrogen and oxygen atoms in total. The zero-order chi connectivity index (χ0) is 16.1. The molecule has 0 unspecified atom stereocenters. The number of carbonyl (C=O) groups excluding carboxylic acids is 1. The molecule has 0 saturated carbocycles. The number of nitrogen functional groups attached to an aromatic ring is 1. The lowest BCUT2D eigenvalue weighted by atomic mass is 10.2. The van der Waals surface area contributed by atoms with E-state index in [9.17, 15) is 4.79 Å². The van der Waals surface area contributed by atoms with Crippen molar-refractivity contribution in [2.24, 2.45) is 0 Å². The minimum absolute atomic E-state index is 0.127. The molecule has 23 heavy (non-hydrogen) atoms. The third-order valence-corrected chi connectivity index (χ3v) is 3.30. The van der Waals surface area contributed by atoms with E-state index in [0.717, 1.165) is 11.3 Å². The lowest BCUT2D eigenvalue weighted by molar-refractivity contribution is 0.0950. The number of anilines is 1. The summed E-state index contributed by atoms with van der Waals surface area (Å²) in [6.45, 7) is 0.468. The van der Waals surface area contributed by atoms with Gasteiger partial charge in [0, 0.05) is 25.1 Å². The van der Waals surface area contributed by atoms with Crippen LogP contribution in [0.15, 0.2) is 55.1 Å². The van der Waals surface area contributed by atoms with Crippen molar-refractivity contribution in [1.29, 1.82) is 0 Å². The Kier molecular flexibility index (Phi) is 4.28. The van der Waals surface area contributed by atoms with Crippen molar-refractivity contribution in [2.75, 3.05) is 12.3 Å². The lowest BCUT2D eigenvalue weighted by Gasteiger charge is -2.04. The maximum Gasteiger partial charge on any atom is 0.273 e. The van der Waals surface area contributed by atoms with E-state index in [1.165, 1.54) is 12.4 Å². The van der Waals surface area contributed by atoms with Gasteiger partial charge in [0.15, 0.2) is 11.5 Å². The third-order valence-electron chi connectivity index (χ3n) is 3.30. The Morgan fingerprint density at radius 2 is 1.96 bits per heavy atom. The highest BCUT2D eigenvalue weighted by molar-refractivity contribution is 5.96. The Labute approximate surface area is 133 Å². The van der Waals surface area contributed by atoms with E-state index >= 15 is 0 Å². The first-order chi connectivity index (χ1) is 11.2. The Hall–Kier alpha value is -3.22. The minimum Gasteiger partial charge on any atom is -0.382 e. The molecule has 0 saturated heterocycles. The molecule has 0 fully saturated rings. The summed E-state index contributed by atoms with van der Waals surface area (Å²) in [4.78, 5) is 19.7. The van der Waals surface area contributed by atoms with Gasteiger partial charge in [0.05, 0.1) is 11.9 Å². The maximum absolute atomic E-state index is 12.0. The quantitative estimate of drug-likeness (QED) is 0.738. The highest BCUT2D eigenvalue weighted by atomic mass is 16.1. The van der Waals surface area contributed by atoms with Gasteiger partial charge in [0.2, 0.25) is 0 Å². The number of rotatable bonds is 5. The zero-order valence-electron chi connectivity index (χ0n) is 12.4. The van der Waals surface area contributed by atoms with Gasteiger partial charge in [-0.1, -0.05) is 18.2 Å². The van der Waals surface area contributed by atoms with Gasteiger partial charge in [-0.15, -0.1) is 0 Å². The third kappa shape index (κ3) is 3.52. The summed E-state index contributed by atoms with van der Waals surface area (Å²) in [7, 11) is 0. The van der Waals surface area contributed by atoms with Crippen LogP contribution in [0.5, 0.6) is 0 Å². The predicted molar refractivity (Wildman–Crippen MR) is 86.0 cm³/mol. The van der Waals surface area contributed by atoms with Gasteiger partial charge in [-0.05, 0) is 24.1 Å². The molecule has 3 aromatic rings. The fourth-order valence-corrected chi connectivity index (χ4v) is 2.14. The van der Waals surface area contributed by atoms with E-state index in [0.29, 0.717) is 13.0 Å². The van der Waals surface area contributed by atoms with Crippen LogP contribution in [0.3, 0.4) is 0 Å². The molecule has 0 aliphatic rings. The summed E-state index contributed by atoms with van der Waals surface area (Å²) in [5, 5.41) is 7.10. The first-order valence-electron chi connectivity index (χ1n) is 7.17. The van der Waals surface area contributed by atoms with Crippen molar-refractivity contribution < 1.29 is 4.79 Å². The number of aromatic nitrogens is 4. The molecule has 2 heterocycles. The molecule has 1 amide bonds. The SMILES string of the molecule is Nc1nccnc1C(=O)NCCc1cnn(-c2ccccc2)c1. The van der Waals surface area contributed by atoms with Crippen LogP contribution in [0.4, 0.5) is 5.82 Å². The molecule has 2 aromatic heterocycles. The zero-order valence-corrected chi connectivity index (χ0v) is 12.4. The van der Waals surface area contributed by atoms with Gasteiger partial charge >= 0.3 is 0 Å². The normalized spacial score (nSPS) is 10.4. The molecule has 3 N–H and O–H groups in total. The molecule has 116 valence electrons. The van der Waals surface area contributed by atoms with E-state index < -0.39 is 0 Å². The van der Waals surface area contributed by atoms with Gasteiger partial charge in [-0.2, -0.15) is 5.10 Å². The highest BCUT2D eigenvalue weighted by Crippen LogP contribution is 2.08. The number of nitrogens with two attached hydrogens (primary N) is 1. The van der Waals surface area contributed by atoms with Crippen LogP contribution in [-0.2, 0) is 6.42 Å². The second kappa shape index (κ2) is 6.69. The van der Waals surface area contributed by atoms with Crippen molar-refractivity contribution in [1.82, 2.24) is 25.1 Å². The van der Waals surface area contributed by atoms with E-state index in [4.69, 9.17) is 5.73 Å². The Bertz CT molecular complexity index is 799. The van der Waals surface area contributed by atoms with Gasteiger partial charge < -0.3 is 11.1 Å². The van der Waals surface area contributed by atoms with Crippen molar-refractivity contribution in [3.05, 3.63) is 66.4 Å². The van der Waals surface area contributed by atoms with Crippen LogP contribution in [0.1, 0.15) is 16.1 Å². The largest absolute Gasteiger partial charge is 0.382 e. The van der Waals surface area contributed by atoms with Crippen molar-refractivity contribution >= 4 is 11.7 Å². The van der Waals surface area contributed by atoms with Gasteiger partial charge in [0.1, 0.15) is 0 Å². The molecular formula is C16H16N6O. The fourth-order valence-electron chi connectivity index (χ4n) is 2.14. The number of nitrogens with one attached hydrogen (secondary N) is 1. The standard InChI is InChI=1S/C16H16N6O/c17-15-14(18-8-9-19-15)16(23)20-7-6-12-10-21-22(11-12)13-4-2-1-3-5-13/h1-5,8-11H,6-7H2,(H2,17,19)(H,20,23). The van der Waals surface area contributed by atoms with Crippen LogP contribution in [0.2, 0.25) is 0 Å². The van der Waals surface area contributed by atoms with E-state index in [-0.39, 0.29) is 17.4 Å². The number of carbonyl (C=O) groups is 1. The number of hydrogen-bond acceptors (Lipinski definition) is 5. The number of hydrogen-bond donors (Lipinski definition) is 2. The van der Waals surface area contributed by atoms with E-state index in [1.807, 2.05) is 36.5 Å². The minimum atomic E-state index is -0.328. The molecule has 7 heteroatoms. The monoisotopic (exact) mass is 308 g/mol. The van der Waals surface area contributed by atoms with Crippen LogP contribution in [0, 0.1) is 0 Å². The molecule has 0 atom stereocenters. The number of nitrogens with zero attached hydrogens (tertiary/aromatic N) is 4. The summed E-state index contributed by atoms with van der Waals surface area (Å²) in [6.07, 6.45) is 7.28. The Balaban J connectivity index is 1.56. The Morgan fingerprint density at radius 1 is 1.17 bits per heavy atom. The summed E-state index contributed by atoms with van der Waals surface area (Å²) < 4.78 is 1.80. The topological polar surface area (TPSA) is 98.7 Å². The molecule has 0 aliphatic carbocycles. The van der Waals surface area contributed by atoms with E-state index in [2.05, 4.69) is 20.4 Å². The van der Waals surface area contributed by atoms with Crippen LogP contribution in [-0.4, -0.2) is 32.2 Å². The molecule has 0 bridgehead atoms. The molecular weight excluding hydrogens is 292 g/mol. The molecule has 0 radical (unpaired) electrons. The number of amides is 1. The maximum atomic E-state index is 12.0. The number of benzene rings is 1. The number of para-hydroxylation sites is 1. The molecule has 0 aliphatic heterocycles. The predicted octanol–water partition coefficient (Wildman–Crippen LogP) is 1.22. The van der Waals surface area contributed by atoms with Crippen molar-refractivity contribution in [2.45, 2.75) is 6.42 Å². The summed E-state index contributed by atoms with van der Waals surface area (Å²) >= 11 is 0. The first-order valence-corrected chi connectivity index (χ1v) is 7.17. The van der Waals surface area contributed by atoms with Gasteiger partial charge in [-0.3, -0.25) is 4.79 Å².